The Bertz CT molecular complexity index is 1000. The van der Waals surface area contributed by atoms with Crippen LogP contribution in [0.15, 0.2) is 4.99 Å². The minimum Gasteiger partial charge on any atom is -0.481 e. The third kappa shape index (κ3) is 12.6. The third-order valence-corrected chi connectivity index (χ3v) is 6.28. The van der Waals surface area contributed by atoms with Gasteiger partial charge in [-0.25, -0.2) is 4.79 Å². The number of aliphatic carboxylic acids is 2. The van der Waals surface area contributed by atoms with Crippen LogP contribution in [0, 0.1) is 0 Å². The van der Waals surface area contributed by atoms with Crippen molar-refractivity contribution < 1.29 is 48.9 Å². The molecule has 40 heavy (non-hydrogen) atoms. The molecule has 224 valence electrons. The van der Waals surface area contributed by atoms with E-state index in [9.17, 15) is 43.8 Å². The first-order valence-corrected chi connectivity index (χ1v) is 13.1. The van der Waals surface area contributed by atoms with Crippen molar-refractivity contribution in [2.75, 3.05) is 24.6 Å². The topological polar surface area (TPSA) is 305 Å². The van der Waals surface area contributed by atoms with Gasteiger partial charge in [0.05, 0.1) is 24.8 Å². The molecule has 0 aromatic heterocycles. The number of carbonyl (C=O) groups is 7. The van der Waals surface area contributed by atoms with Gasteiger partial charge in [-0.15, -0.1) is 11.8 Å². The number of aliphatic imine (C=N–C) groups is 1. The summed E-state index contributed by atoms with van der Waals surface area (Å²) in [5, 5.41) is 39.8. The van der Waals surface area contributed by atoms with Crippen LogP contribution in [-0.2, 0) is 33.6 Å². The summed E-state index contributed by atoms with van der Waals surface area (Å²) in [5.41, 5.74) is 10.5. The van der Waals surface area contributed by atoms with Crippen LogP contribution >= 0.6 is 11.8 Å². The number of thioether (sulfide) groups is 1. The van der Waals surface area contributed by atoms with Gasteiger partial charge in [-0.1, -0.05) is 0 Å². The van der Waals surface area contributed by atoms with Gasteiger partial charge < -0.3 is 53.4 Å². The maximum atomic E-state index is 12.9. The predicted octanol–water partition coefficient (Wildman–Crippen LogP) is -5.22. The van der Waals surface area contributed by atoms with Crippen molar-refractivity contribution in [2.45, 2.75) is 56.5 Å². The first kappa shape index (κ1) is 33.9. The largest absolute Gasteiger partial charge is 0.481 e. The average Bonchev–Trinajstić information content (AvgIpc) is 2.85. The standard InChI is InChI=1S/C21H34N8O10S/c1-9(30)16-19(37)27-10(3-2-4-24-21(22)23)17(35)25-6-13(31)26-11(5-15(33)34)18(36)28-12(20(38)39)7-40-8-14(32)29-16/h9-12,16,30H,2-8H2,1H3,(H,25,35)(H,26,31)(H,27,37)(H,28,36)(H,29,32)(H,33,34)(H,38,39)(H4,22,23,24)/t9-,10-,11-,12-,16+/m0/s1. The summed E-state index contributed by atoms with van der Waals surface area (Å²) >= 11 is 0.769. The molecular weight excluding hydrogens is 556 g/mol. The van der Waals surface area contributed by atoms with Gasteiger partial charge in [0, 0.05) is 12.3 Å². The number of nitrogens with one attached hydrogen (secondary N) is 5. The second kappa shape index (κ2) is 16.7. The van der Waals surface area contributed by atoms with E-state index in [1.807, 2.05) is 0 Å². The number of guanidine groups is 1. The lowest BCUT2D eigenvalue weighted by Crippen LogP contribution is -2.58. The van der Waals surface area contributed by atoms with Crippen molar-refractivity contribution in [2.24, 2.45) is 16.5 Å². The summed E-state index contributed by atoms with van der Waals surface area (Å²) in [6.45, 7) is 0.586. The lowest BCUT2D eigenvalue weighted by Gasteiger charge is -2.25. The molecule has 0 bridgehead atoms. The first-order valence-electron chi connectivity index (χ1n) is 11.9. The predicted molar refractivity (Wildman–Crippen MR) is 140 cm³/mol. The summed E-state index contributed by atoms with van der Waals surface area (Å²) in [6, 6.07) is -6.00. The highest BCUT2D eigenvalue weighted by Crippen LogP contribution is 2.07. The first-order chi connectivity index (χ1) is 18.7. The van der Waals surface area contributed by atoms with Crippen LogP contribution in [0.2, 0.25) is 0 Å². The van der Waals surface area contributed by atoms with Gasteiger partial charge in [-0.05, 0) is 19.8 Å². The summed E-state index contributed by atoms with van der Waals surface area (Å²) in [6.07, 6.45) is -2.10. The molecular formula is C21H34N8O10S. The molecule has 1 fully saturated rings. The summed E-state index contributed by atoms with van der Waals surface area (Å²) in [4.78, 5) is 89.7. The van der Waals surface area contributed by atoms with Crippen LogP contribution in [0.5, 0.6) is 0 Å². The molecule has 5 amide bonds. The zero-order valence-electron chi connectivity index (χ0n) is 21.5. The van der Waals surface area contributed by atoms with Gasteiger partial charge in [0.2, 0.25) is 29.5 Å². The van der Waals surface area contributed by atoms with E-state index in [4.69, 9.17) is 16.6 Å². The Kier molecular flexibility index (Phi) is 14.2. The summed E-state index contributed by atoms with van der Waals surface area (Å²) in [7, 11) is 0. The van der Waals surface area contributed by atoms with E-state index in [2.05, 4.69) is 31.6 Å². The maximum Gasteiger partial charge on any atom is 0.327 e. The number of carboxylic acids is 2. The van der Waals surface area contributed by atoms with Crippen LogP contribution in [0.4, 0.5) is 0 Å². The number of carboxylic acid groups (broad SMARTS) is 2. The highest BCUT2D eigenvalue weighted by atomic mass is 32.2. The van der Waals surface area contributed by atoms with Gasteiger partial charge in [-0.2, -0.15) is 0 Å². The van der Waals surface area contributed by atoms with Crippen molar-refractivity contribution in [1.82, 2.24) is 26.6 Å². The fourth-order valence-electron chi connectivity index (χ4n) is 3.29. The molecule has 18 nitrogen and oxygen atoms in total. The number of aliphatic hydroxyl groups is 1. The highest BCUT2D eigenvalue weighted by Gasteiger charge is 2.32. The molecule has 1 aliphatic rings. The fraction of sp³-hybridized carbons (Fsp3) is 0.619. The van der Waals surface area contributed by atoms with Crippen LogP contribution in [0.3, 0.4) is 0 Å². The fourth-order valence-corrected chi connectivity index (χ4v) is 4.14. The number of carbonyl (C=O) groups excluding carboxylic acids is 5. The molecule has 0 aromatic carbocycles. The number of aliphatic hydroxyl groups excluding tert-OH is 1. The molecule has 1 aliphatic heterocycles. The molecule has 5 atom stereocenters. The minimum absolute atomic E-state index is 0.0209. The van der Waals surface area contributed by atoms with Crippen molar-refractivity contribution in [3.05, 3.63) is 0 Å². The molecule has 0 aliphatic carbocycles. The minimum atomic E-state index is -1.68. The monoisotopic (exact) mass is 590 g/mol. The quantitative estimate of drug-likeness (QED) is 0.0719. The molecule has 12 N–H and O–H groups in total. The molecule has 1 heterocycles. The highest BCUT2D eigenvalue weighted by molar-refractivity contribution is 8.00. The van der Waals surface area contributed by atoms with Gasteiger partial charge in [0.1, 0.15) is 24.2 Å². The lowest BCUT2D eigenvalue weighted by atomic mass is 10.1. The second-order valence-electron chi connectivity index (χ2n) is 8.65. The summed E-state index contributed by atoms with van der Waals surface area (Å²) < 4.78 is 0. The lowest BCUT2D eigenvalue weighted by molar-refractivity contribution is -0.143. The third-order valence-electron chi connectivity index (χ3n) is 5.25. The Balaban J connectivity index is 3.24. The van der Waals surface area contributed by atoms with Gasteiger partial charge in [-0.3, -0.25) is 33.8 Å². The Morgan fingerprint density at radius 3 is 2.23 bits per heavy atom. The molecule has 1 rings (SSSR count). The zero-order valence-corrected chi connectivity index (χ0v) is 22.4. The Morgan fingerprint density at radius 2 is 1.65 bits per heavy atom. The van der Waals surface area contributed by atoms with Crippen LogP contribution in [-0.4, -0.2) is 118 Å². The normalized spacial score (nSPS) is 24.5. The number of hydrogen-bond acceptors (Lipinski definition) is 10. The van der Waals surface area contributed by atoms with E-state index in [1.54, 1.807) is 0 Å². The average molecular weight is 591 g/mol. The maximum absolute atomic E-state index is 12.9. The van der Waals surface area contributed by atoms with E-state index < -0.39 is 84.7 Å². The Hall–Kier alpha value is -4.13. The van der Waals surface area contributed by atoms with E-state index >= 15 is 0 Å². The molecule has 0 radical (unpaired) electrons. The van der Waals surface area contributed by atoms with Crippen molar-refractivity contribution >= 4 is 59.2 Å². The van der Waals surface area contributed by atoms with Crippen LogP contribution in [0.25, 0.3) is 0 Å². The number of rotatable bonds is 8. The molecule has 0 saturated carbocycles. The van der Waals surface area contributed by atoms with Crippen molar-refractivity contribution in [3.63, 3.8) is 0 Å². The van der Waals surface area contributed by atoms with Gasteiger partial charge >= 0.3 is 11.9 Å². The van der Waals surface area contributed by atoms with E-state index in [1.165, 1.54) is 6.92 Å². The SMILES string of the molecule is C[C@H](O)[C@H]1NC(=O)CSC[C@@H](C(=O)O)NC(=O)[C@H](CC(=O)O)NC(=O)CNC(=O)[C@H](CCCN=C(N)N)NC1=O. The summed E-state index contributed by atoms with van der Waals surface area (Å²) in [5.74, 6) is -8.49. The molecule has 0 spiro atoms. The van der Waals surface area contributed by atoms with E-state index in [-0.39, 0.29) is 36.9 Å². The molecule has 1 saturated heterocycles. The van der Waals surface area contributed by atoms with E-state index in [0.717, 1.165) is 11.8 Å². The molecule has 19 heteroatoms. The number of nitrogens with zero attached hydrogens (tertiary/aromatic N) is 1. The number of nitrogens with two attached hydrogens (primary N) is 2. The second-order valence-corrected chi connectivity index (χ2v) is 9.68. The number of hydrogen-bond donors (Lipinski definition) is 10. The number of amides is 5. The molecule has 0 unspecified atom stereocenters. The van der Waals surface area contributed by atoms with Gasteiger partial charge in [0.25, 0.3) is 0 Å². The van der Waals surface area contributed by atoms with Gasteiger partial charge in [0.15, 0.2) is 5.96 Å². The Morgan fingerprint density at radius 1 is 0.975 bits per heavy atom. The Labute approximate surface area is 232 Å². The van der Waals surface area contributed by atoms with Crippen molar-refractivity contribution in [3.8, 4) is 0 Å². The van der Waals surface area contributed by atoms with Crippen LogP contribution in [0.1, 0.15) is 26.2 Å². The van der Waals surface area contributed by atoms with Crippen molar-refractivity contribution in [1.29, 1.82) is 0 Å². The zero-order chi connectivity index (χ0) is 30.4. The van der Waals surface area contributed by atoms with Crippen LogP contribution < -0.4 is 38.1 Å². The van der Waals surface area contributed by atoms with E-state index in [0.29, 0.717) is 0 Å². The molecule has 0 aromatic rings. The smallest absolute Gasteiger partial charge is 0.327 e.